The lowest BCUT2D eigenvalue weighted by Gasteiger charge is -2.20. The zero-order valence-electron chi connectivity index (χ0n) is 17.9. The third-order valence-electron chi connectivity index (χ3n) is 4.34. The molecule has 1 aliphatic rings. The van der Waals surface area contributed by atoms with Crippen LogP contribution in [0, 0.1) is 0 Å². The van der Waals surface area contributed by atoms with E-state index >= 15 is 0 Å². The number of carbonyl (C=O) groups excluding carboxylic acids is 2. The molecule has 1 aliphatic heterocycles. The van der Waals surface area contributed by atoms with Crippen LogP contribution in [-0.4, -0.2) is 55.1 Å². The predicted molar refractivity (Wildman–Crippen MR) is 114 cm³/mol. The van der Waals surface area contributed by atoms with Crippen LogP contribution in [0.2, 0.25) is 0 Å². The van der Waals surface area contributed by atoms with E-state index in [4.69, 9.17) is 4.74 Å². The van der Waals surface area contributed by atoms with E-state index in [2.05, 4.69) is 45.2 Å². The Bertz CT molecular complexity index is 710. The second kappa shape index (κ2) is 10.7. The van der Waals surface area contributed by atoms with E-state index in [1.54, 1.807) is 7.05 Å². The fraction of sp³-hybridized carbons (Fsp3) is 0.571. The minimum absolute atomic E-state index is 0.242. The first-order valence-corrected chi connectivity index (χ1v) is 10.0. The molecule has 0 aliphatic carbocycles. The van der Waals surface area contributed by atoms with Gasteiger partial charge in [0.25, 0.3) is 0 Å². The smallest absolute Gasteiger partial charge is 0.407 e. The van der Waals surface area contributed by atoms with Gasteiger partial charge >= 0.3 is 6.09 Å². The maximum absolute atomic E-state index is 11.7. The molecule has 160 valence electrons. The molecule has 0 bridgehead atoms. The second-order valence-electron chi connectivity index (χ2n) is 8.02. The molecule has 1 aromatic carbocycles. The Labute approximate surface area is 173 Å². The lowest BCUT2D eigenvalue weighted by molar-refractivity contribution is -0.128. The molecule has 2 rings (SSSR count). The standard InChI is InChI=1S/C21H33N5O3/c1-21(2,3)29-20(28)24-12-11-23-19(22-4)25-14-16-7-9-17(10-8-16)15-26-13-5-6-18(26)27/h7-10H,5-6,11-15H2,1-4H3,(H,24,28)(H2,22,23,25). The van der Waals surface area contributed by atoms with Gasteiger partial charge in [-0.05, 0) is 38.3 Å². The predicted octanol–water partition coefficient (Wildman–Crippen LogP) is 2.00. The van der Waals surface area contributed by atoms with Crippen molar-refractivity contribution < 1.29 is 14.3 Å². The Kier molecular flexibility index (Phi) is 8.30. The summed E-state index contributed by atoms with van der Waals surface area (Å²) in [7, 11) is 1.70. The Morgan fingerprint density at radius 3 is 2.34 bits per heavy atom. The number of amides is 2. The zero-order valence-corrected chi connectivity index (χ0v) is 17.9. The van der Waals surface area contributed by atoms with Crippen molar-refractivity contribution in [2.24, 2.45) is 4.99 Å². The first-order chi connectivity index (χ1) is 13.8. The summed E-state index contributed by atoms with van der Waals surface area (Å²) >= 11 is 0. The quantitative estimate of drug-likeness (QED) is 0.368. The number of ether oxygens (including phenoxy) is 1. The Morgan fingerprint density at radius 1 is 1.10 bits per heavy atom. The summed E-state index contributed by atoms with van der Waals surface area (Å²) in [4.78, 5) is 29.4. The summed E-state index contributed by atoms with van der Waals surface area (Å²) in [6.45, 7) is 8.61. The van der Waals surface area contributed by atoms with E-state index in [1.807, 2.05) is 25.7 Å². The van der Waals surface area contributed by atoms with Crippen molar-refractivity contribution in [2.45, 2.75) is 52.3 Å². The number of carbonyl (C=O) groups is 2. The van der Waals surface area contributed by atoms with Crippen molar-refractivity contribution in [3.8, 4) is 0 Å². The Hall–Kier alpha value is -2.77. The number of benzene rings is 1. The number of rotatable bonds is 7. The summed E-state index contributed by atoms with van der Waals surface area (Å²) in [5.41, 5.74) is 1.75. The summed E-state index contributed by atoms with van der Waals surface area (Å²) in [6.07, 6.45) is 1.19. The monoisotopic (exact) mass is 403 g/mol. The van der Waals surface area contributed by atoms with Crippen LogP contribution in [-0.2, 0) is 22.6 Å². The molecule has 0 radical (unpaired) electrons. The number of likely N-dealkylation sites (tertiary alicyclic amines) is 1. The van der Waals surface area contributed by atoms with Crippen LogP contribution in [0.3, 0.4) is 0 Å². The fourth-order valence-electron chi connectivity index (χ4n) is 2.92. The van der Waals surface area contributed by atoms with Crippen LogP contribution in [0.5, 0.6) is 0 Å². The molecule has 0 unspecified atom stereocenters. The van der Waals surface area contributed by atoms with Gasteiger partial charge in [0, 0.05) is 46.2 Å². The summed E-state index contributed by atoms with van der Waals surface area (Å²) < 4.78 is 5.19. The molecule has 0 spiro atoms. The van der Waals surface area contributed by atoms with E-state index in [9.17, 15) is 9.59 Å². The van der Waals surface area contributed by atoms with Crippen LogP contribution < -0.4 is 16.0 Å². The van der Waals surface area contributed by atoms with Gasteiger partial charge in [-0.25, -0.2) is 4.79 Å². The molecule has 1 aromatic rings. The average molecular weight is 404 g/mol. The van der Waals surface area contributed by atoms with Gasteiger partial charge in [0.05, 0.1) is 0 Å². The summed E-state index contributed by atoms with van der Waals surface area (Å²) in [5, 5.41) is 9.09. The summed E-state index contributed by atoms with van der Waals surface area (Å²) in [6, 6.07) is 8.23. The lowest BCUT2D eigenvalue weighted by Crippen LogP contribution is -2.42. The maximum Gasteiger partial charge on any atom is 0.407 e. The van der Waals surface area contributed by atoms with E-state index < -0.39 is 11.7 Å². The molecule has 8 heteroatoms. The van der Waals surface area contributed by atoms with Gasteiger partial charge in [-0.3, -0.25) is 9.79 Å². The number of hydrogen-bond acceptors (Lipinski definition) is 4. The van der Waals surface area contributed by atoms with Gasteiger partial charge in [0.15, 0.2) is 5.96 Å². The third-order valence-corrected chi connectivity index (χ3v) is 4.34. The van der Waals surface area contributed by atoms with E-state index in [0.717, 1.165) is 24.1 Å². The van der Waals surface area contributed by atoms with E-state index in [-0.39, 0.29) is 5.91 Å². The molecule has 3 N–H and O–H groups in total. The number of nitrogens with zero attached hydrogens (tertiary/aromatic N) is 2. The van der Waals surface area contributed by atoms with Crippen LogP contribution in [0.15, 0.2) is 29.3 Å². The van der Waals surface area contributed by atoms with Crippen LogP contribution in [0.4, 0.5) is 4.79 Å². The van der Waals surface area contributed by atoms with Gasteiger partial charge in [-0.2, -0.15) is 0 Å². The molecule has 8 nitrogen and oxygen atoms in total. The first kappa shape index (κ1) is 22.5. The van der Waals surface area contributed by atoms with Crippen LogP contribution >= 0.6 is 0 Å². The second-order valence-corrected chi connectivity index (χ2v) is 8.02. The first-order valence-electron chi connectivity index (χ1n) is 10.0. The van der Waals surface area contributed by atoms with Crippen molar-refractivity contribution in [2.75, 3.05) is 26.7 Å². The summed E-state index contributed by atoms with van der Waals surface area (Å²) in [5.74, 6) is 0.898. The van der Waals surface area contributed by atoms with Gasteiger partial charge < -0.3 is 25.6 Å². The third kappa shape index (κ3) is 8.41. The molecule has 0 saturated carbocycles. The Balaban J connectivity index is 1.68. The number of guanidine groups is 1. The minimum atomic E-state index is -0.505. The largest absolute Gasteiger partial charge is 0.444 e. The number of aliphatic imine (C=N–C) groups is 1. The van der Waals surface area contributed by atoms with Gasteiger partial charge in [-0.15, -0.1) is 0 Å². The molecule has 1 heterocycles. The maximum atomic E-state index is 11.7. The lowest BCUT2D eigenvalue weighted by atomic mass is 10.1. The highest BCUT2D eigenvalue weighted by Crippen LogP contribution is 2.14. The molecule has 0 atom stereocenters. The van der Waals surface area contributed by atoms with Crippen molar-refractivity contribution in [3.63, 3.8) is 0 Å². The number of nitrogens with one attached hydrogen (secondary N) is 3. The van der Waals surface area contributed by atoms with E-state index in [0.29, 0.717) is 38.6 Å². The zero-order chi connectivity index (χ0) is 21.3. The van der Waals surface area contributed by atoms with E-state index in [1.165, 1.54) is 0 Å². The van der Waals surface area contributed by atoms with Gasteiger partial charge in [0.2, 0.25) is 5.91 Å². The molecule has 29 heavy (non-hydrogen) atoms. The van der Waals surface area contributed by atoms with Gasteiger partial charge in [0.1, 0.15) is 5.60 Å². The molecule has 1 saturated heterocycles. The average Bonchev–Trinajstić information content (AvgIpc) is 3.05. The number of hydrogen-bond donors (Lipinski definition) is 3. The van der Waals surface area contributed by atoms with Crippen molar-refractivity contribution in [1.29, 1.82) is 0 Å². The molecule has 0 aromatic heterocycles. The van der Waals surface area contributed by atoms with Crippen molar-refractivity contribution in [3.05, 3.63) is 35.4 Å². The van der Waals surface area contributed by atoms with Gasteiger partial charge in [-0.1, -0.05) is 24.3 Å². The number of alkyl carbamates (subject to hydrolysis) is 1. The SMILES string of the molecule is CN=C(NCCNC(=O)OC(C)(C)C)NCc1ccc(CN2CCCC2=O)cc1. The van der Waals surface area contributed by atoms with Crippen molar-refractivity contribution in [1.82, 2.24) is 20.9 Å². The van der Waals surface area contributed by atoms with Crippen molar-refractivity contribution >= 4 is 18.0 Å². The highest BCUT2D eigenvalue weighted by molar-refractivity contribution is 5.79. The highest BCUT2D eigenvalue weighted by Gasteiger charge is 2.19. The molecule has 2 amide bonds. The molecular formula is C21H33N5O3. The topological polar surface area (TPSA) is 95.1 Å². The van der Waals surface area contributed by atoms with Crippen LogP contribution in [0.1, 0.15) is 44.7 Å². The minimum Gasteiger partial charge on any atom is -0.444 e. The van der Waals surface area contributed by atoms with Crippen LogP contribution in [0.25, 0.3) is 0 Å². The normalized spacial score (nSPS) is 14.7. The Morgan fingerprint density at radius 2 is 1.76 bits per heavy atom. The molecule has 1 fully saturated rings. The fourth-order valence-corrected chi connectivity index (χ4v) is 2.92. The molecular weight excluding hydrogens is 370 g/mol. The highest BCUT2D eigenvalue weighted by atomic mass is 16.6.